The zero-order valence-electron chi connectivity index (χ0n) is 13.4. The lowest BCUT2D eigenvalue weighted by atomic mass is 9.83. The quantitative estimate of drug-likeness (QED) is 0.590. The topological polar surface area (TPSA) is 74.3 Å². The molecule has 0 saturated carbocycles. The number of nitrogens with zero attached hydrogens (tertiary/aromatic N) is 2. The first-order chi connectivity index (χ1) is 9.40. The van der Waals surface area contributed by atoms with Crippen LogP contribution in [0.4, 0.5) is 0 Å². The summed E-state index contributed by atoms with van der Waals surface area (Å²) in [5.74, 6) is 6.54. The molecule has 1 heterocycles. The van der Waals surface area contributed by atoms with Crippen LogP contribution in [0.5, 0.6) is 5.75 Å². The summed E-state index contributed by atoms with van der Waals surface area (Å²) in [7, 11) is 1.64. The third kappa shape index (κ3) is 3.50. The highest BCUT2D eigenvalue weighted by Gasteiger charge is 2.37. The van der Waals surface area contributed by atoms with Crippen LogP contribution in [0.1, 0.15) is 46.4 Å². The molecule has 2 atom stereocenters. The third-order valence-electron chi connectivity index (χ3n) is 3.34. The Bertz CT molecular complexity index is 390. The van der Waals surface area contributed by atoms with Gasteiger partial charge in [-0.05, 0) is 19.3 Å². The van der Waals surface area contributed by atoms with E-state index in [9.17, 15) is 0 Å². The molecule has 1 aromatic heterocycles. The van der Waals surface area contributed by atoms with Gasteiger partial charge in [-0.2, -0.15) is 5.10 Å². The Morgan fingerprint density at radius 2 is 2.05 bits per heavy atom. The number of rotatable bonds is 7. The smallest absolute Gasteiger partial charge is 0.161 e. The minimum atomic E-state index is -0.188. The first-order valence-electron chi connectivity index (χ1n) is 7.08. The molecular weight excluding hydrogens is 256 g/mol. The first-order valence-corrected chi connectivity index (χ1v) is 7.08. The molecule has 0 amide bonds. The molecule has 0 fully saturated rings. The zero-order chi connectivity index (χ0) is 15.3. The number of ether oxygens (including phenoxy) is 2. The molecule has 6 nitrogen and oxygen atoms in total. The van der Waals surface area contributed by atoms with Crippen molar-refractivity contribution in [2.24, 2.45) is 11.3 Å². The van der Waals surface area contributed by atoms with Gasteiger partial charge in [0.05, 0.1) is 25.5 Å². The molecule has 0 aliphatic carbocycles. The number of aromatic nitrogens is 2. The fraction of sp³-hybridized carbons (Fsp3) is 0.786. The summed E-state index contributed by atoms with van der Waals surface area (Å²) < 4.78 is 13.3. The molecule has 0 aromatic carbocycles. The summed E-state index contributed by atoms with van der Waals surface area (Å²) >= 11 is 0. The second-order valence-electron chi connectivity index (χ2n) is 5.80. The number of aryl methyl sites for hydroxylation is 1. The lowest BCUT2D eigenvalue weighted by molar-refractivity contribution is -0.0388. The average Bonchev–Trinajstić information content (AvgIpc) is 2.80. The number of methoxy groups -OCH3 is 1. The minimum absolute atomic E-state index is 0.0686. The maximum Gasteiger partial charge on any atom is 0.161 e. The van der Waals surface area contributed by atoms with Crippen LogP contribution in [-0.4, -0.2) is 29.6 Å². The largest absolute Gasteiger partial charge is 0.493 e. The van der Waals surface area contributed by atoms with E-state index in [4.69, 9.17) is 15.3 Å². The Morgan fingerprint density at radius 3 is 2.45 bits per heavy atom. The lowest BCUT2D eigenvalue weighted by Gasteiger charge is -2.36. The van der Waals surface area contributed by atoms with Crippen molar-refractivity contribution in [1.82, 2.24) is 15.2 Å². The minimum Gasteiger partial charge on any atom is -0.493 e. The summed E-state index contributed by atoms with van der Waals surface area (Å²) in [6.45, 7) is 11.8. The highest BCUT2D eigenvalue weighted by molar-refractivity contribution is 5.29. The zero-order valence-corrected chi connectivity index (χ0v) is 13.4. The Kier molecular flexibility index (Phi) is 5.98. The Morgan fingerprint density at radius 1 is 1.40 bits per heavy atom. The molecular formula is C14H28N4O2. The van der Waals surface area contributed by atoms with E-state index in [0.29, 0.717) is 6.61 Å². The molecule has 1 aromatic rings. The van der Waals surface area contributed by atoms with Gasteiger partial charge in [0, 0.05) is 13.2 Å². The van der Waals surface area contributed by atoms with E-state index in [1.807, 2.05) is 18.5 Å². The fourth-order valence-corrected chi connectivity index (χ4v) is 2.44. The van der Waals surface area contributed by atoms with Crippen molar-refractivity contribution in [2.45, 2.75) is 53.3 Å². The normalized spacial score (nSPS) is 15.2. The molecule has 20 heavy (non-hydrogen) atoms. The molecule has 0 radical (unpaired) electrons. The van der Waals surface area contributed by atoms with Crippen LogP contribution < -0.4 is 16.0 Å². The van der Waals surface area contributed by atoms with Crippen molar-refractivity contribution in [3.63, 3.8) is 0 Å². The van der Waals surface area contributed by atoms with E-state index in [-0.39, 0.29) is 17.6 Å². The molecule has 116 valence electrons. The number of nitrogens with two attached hydrogens (primary N) is 1. The fourth-order valence-electron chi connectivity index (χ4n) is 2.44. The van der Waals surface area contributed by atoms with Gasteiger partial charge in [-0.1, -0.05) is 20.8 Å². The number of hydrogen-bond acceptors (Lipinski definition) is 5. The van der Waals surface area contributed by atoms with Crippen LogP contribution in [-0.2, 0) is 11.3 Å². The van der Waals surface area contributed by atoms with E-state index in [1.54, 1.807) is 13.3 Å². The van der Waals surface area contributed by atoms with Crippen molar-refractivity contribution in [1.29, 1.82) is 0 Å². The maximum atomic E-state index is 5.94. The molecule has 6 heteroatoms. The first kappa shape index (κ1) is 16.9. The maximum absolute atomic E-state index is 5.94. The van der Waals surface area contributed by atoms with Crippen LogP contribution in [0.3, 0.4) is 0 Å². The Labute approximate surface area is 121 Å². The molecule has 3 N–H and O–H groups in total. The van der Waals surface area contributed by atoms with Crippen molar-refractivity contribution in [3.05, 3.63) is 11.9 Å². The molecule has 1 rings (SSSR count). The molecule has 2 unspecified atom stereocenters. The van der Waals surface area contributed by atoms with Gasteiger partial charge in [-0.25, -0.2) is 5.43 Å². The van der Waals surface area contributed by atoms with Gasteiger partial charge in [-0.15, -0.1) is 0 Å². The second-order valence-corrected chi connectivity index (χ2v) is 5.80. The summed E-state index contributed by atoms with van der Waals surface area (Å²) in [4.78, 5) is 0. The van der Waals surface area contributed by atoms with Crippen molar-refractivity contribution < 1.29 is 9.47 Å². The van der Waals surface area contributed by atoms with Gasteiger partial charge in [0.15, 0.2) is 5.75 Å². The van der Waals surface area contributed by atoms with Gasteiger partial charge in [0.1, 0.15) is 5.69 Å². The van der Waals surface area contributed by atoms with Crippen LogP contribution in [0.15, 0.2) is 6.20 Å². The van der Waals surface area contributed by atoms with Crippen molar-refractivity contribution in [3.8, 4) is 5.75 Å². The molecule has 0 spiro atoms. The molecule has 0 aliphatic rings. The van der Waals surface area contributed by atoms with E-state index in [0.717, 1.165) is 18.0 Å². The monoisotopic (exact) mass is 284 g/mol. The van der Waals surface area contributed by atoms with E-state index in [2.05, 4.69) is 31.3 Å². The highest BCUT2D eigenvalue weighted by atomic mass is 16.5. The van der Waals surface area contributed by atoms with E-state index in [1.165, 1.54) is 0 Å². The average molecular weight is 284 g/mol. The predicted octanol–water partition coefficient (Wildman–Crippen LogP) is 1.87. The molecule has 0 saturated heterocycles. The standard InChI is InChI=1S/C14H28N4O2/c1-7-18-12(10(19-6)9-16-18)11(17-15)13(20-8-2)14(3,4)5/h9,11,13,17H,7-8,15H2,1-6H3. The third-order valence-corrected chi connectivity index (χ3v) is 3.34. The van der Waals surface area contributed by atoms with Crippen LogP contribution >= 0.6 is 0 Å². The Hall–Kier alpha value is -1.11. The second kappa shape index (κ2) is 7.06. The number of hydrazine groups is 1. The predicted molar refractivity (Wildman–Crippen MR) is 79.4 cm³/mol. The summed E-state index contributed by atoms with van der Waals surface area (Å²) in [6, 6.07) is -0.188. The van der Waals surface area contributed by atoms with Gasteiger partial charge >= 0.3 is 0 Å². The number of nitrogens with one attached hydrogen (secondary N) is 1. The number of hydrogen-bond donors (Lipinski definition) is 2. The summed E-state index contributed by atoms with van der Waals surface area (Å²) in [5, 5.41) is 4.34. The van der Waals surface area contributed by atoms with Gasteiger partial charge in [-0.3, -0.25) is 10.5 Å². The molecule has 0 aliphatic heterocycles. The SMILES string of the molecule is CCOC(C(NN)c1c(OC)cnn1CC)C(C)(C)C. The van der Waals surface area contributed by atoms with Crippen molar-refractivity contribution >= 4 is 0 Å². The molecule has 0 bridgehead atoms. The van der Waals surface area contributed by atoms with Gasteiger partial charge < -0.3 is 9.47 Å². The van der Waals surface area contributed by atoms with Crippen LogP contribution in [0, 0.1) is 5.41 Å². The van der Waals surface area contributed by atoms with Gasteiger partial charge in [0.2, 0.25) is 0 Å². The Balaban J connectivity index is 3.25. The van der Waals surface area contributed by atoms with E-state index < -0.39 is 0 Å². The summed E-state index contributed by atoms with van der Waals surface area (Å²) in [5.41, 5.74) is 3.73. The summed E-state index contributed by atoms with van der Waals surface area (Å²) in [6.07, 6.45) is 1.63. The van der Waals surface area contributed by atoms with E-state index >= 15 is 0 Å². The lowest BCUT2D eigenvalue weighted by Crippen LogP contribution is -2.45. The van der Waals surface area contributed by atoms with Crippen molar-refractivity contribution in [2.75, 3.05) is 13.7 Å². The van der Waals surface area contributed by atoms with Crippen LogP contribution in [0.25, 0.3) is 0 Å². The van der Waals surface area contributed by atoms with Gasteiger partial charge in [0.25, 0.3) is 0 Å². The highest BCUT2D eigenvalue weighted by Crippen LogP contribution is 2.36. The van der Waals surface area contributed by atoms with Crippen LogP contribution in [0.2, 0.25) is 0 Å².